The molecule has 3 aromatic rings. The Morgan fingerprint density at radius 3 is 3.11 bits per heavy atom. The molecule has 148 valence electrons. The van der Waals surface area contributed by atoms with Gasteiger partial charge in [0.2, 0.25) is 5.91 Å². The molecule has 0 spiro atoms. The maximum Gasteiger partial charge on any atom is 0.223 e. The van der Waals surface area contributed by atoms with Crippen molar-refractivity contribution in [3.05, 3.63) is 48.3 Å². The normalized spacial score (nSPS) is 17.3. The van der Waals surface area contributed by atoms with E-state index in [0.717, 1.165) is 55.2 Å². The summed E-state index contributed by atoms with van der Waals surface area (Å²) in [6.45, 7) is 3.02. The number of nitrogens with zero attached hydrogens (tertiary/aromatic N) is 4. The first-order chi connectivity index (χ1) is 13.7. The summed E-state index contributed by atoms with van der Waals surface area (Å²) in [7, 11) is 1.71. The molecule has 2 aromatic heterocycles. The largest absolute Gasteiger partial charge is 0.383 e. The van der Waals surface area contributed by atoms with Gasteiger partial charge in [-0.2, -0.15) is 0 Å². The van der Waals surface area contributed by atoms with Crippen molar-refractivity contribution in [2.45, 2.75) is 38.1 Å². The number of H-pyrrole nitrogens is 1. The molecule has 7 heteroatoms. The van der Waals surface area contributed by atoms with E-state index in [-0.39, 0.29) is 11.8 Å². The lowest BCUT2D eigenvalue weighted by Gasteiger charge is -2.32. The van der Waals surface area contributed by atoms with E-state index in [1.807, 2.05) is 41.6 Å². The van der Waals surface area contributed by atoms with Gasteiger partial charge in [-0.15, -0.1) is 0 Å². The predicted octanol–water partition coefficient (Wildman–Crippen LogP) is 2.74. The van der Waals surface area contributed by atoms with Crippen LogP contribution >= 0.6 is 0 Å². The number of amides is 1. The lowest BCUT2D eigenvalue weighted by molar-refractivity contribution is -0.132. The third kappa shape index (κ3) is 4.09. The number of benzene rings is 1. The number of aromatic nitrogens is 4. The zero-order valence-electron chi connectivity index (χ0n) is 16.3. The van der Waals surface area contributed by atoms with Crippen LogP contribution in [0.4, 0.5) is 0 Å². The van der Waals surface area contributed by atoms with Crippen LogP contribution in [0.15, 0.2) is 36.7 Å². The third-order valence-electron chi connectivity index (χ3n) is 5.44. The van der Waals surface area contributed by atoms with E-state index in [4.69, 9.17) is 4.74 Å². The number of rotatable bonds is 7. The van der Waals surface area contributed by atoms with Crippen molar-refractivity contribution in [2.24, 2.45) is 0 Å². The van der Waals surface area contributed by atoms with E-state index in [2.05, 4.69) is 19.5 Å². The van der Waals surface area contributed by atoms with E-state index >= 15 is 0 Å². The van der Waals surface area contributed by atoms with Crippen molar-refractivity contribution < 1.29 is 9.53 Å². The van der Waals surface area contributed by atoms with Crippen LogP contribution in [-0.2, 0) is 22.5 Å². The molecule has 1 saturated heterocycles. The molecular weight excluding hydrogens is 354 g/mol. The highest BCUT2D eigenvalue weighted by atomic mass is 16.5. The molecule has 1 amide bonds. The number of carbonyl (C=O) groups is 1. The van der Waals surface area contributed by atoms with Crippen LogP contribution in [0.3, 0.4) is 0 Å². The van der Waals surface area contributed by atoms with Gasteiger partial charge in [0.15, 0.2) is 0 Å². The van der Waals surface area contributed by atoms with E-state index in [0.29, 0.717) is 19.4 Å². The number of hydrogen-bond donors (Lipinski definition) is 1. The number of aryl methyl sites for hydroxylation is 1. The lowest BCUT2D eigenvalue weighted by atomic mass is 9.96. The Hall–Kier alpha value is -2.67. The van der Waals surface area contributed by atoms with Crippen LogP contribution in [0.2, 0.25) is 0 Å². The van der Waals surface area contributed by atoms with Crippen LogP contribution in [0.1, 0.15) is 36.8 Å². The first kappa shape index (κ1) is 18.7. The summed E-state index contributed by atoms with van der Waals surface area (Å²) >= 11 is 0. The summed E-state index contributed by atoms with van der Waals surface area (Å²) in [4.78, 5) is 27.2. The molecule has 0 aliphatic carbocycles. The van der Waals surface area contributed by atoms with Crippen molar-refractivity contribution in [1.82, 2.24) is 24.4 Å². The number of aromatic amines is 1. The minimum Gasteiger partial charge on any atom is -0.383 e. The molecule has 4 rings (SSSR count). The van der Waals surface area contributed by atoms with Crippen LogP contribution < -0.4 is 0 Å². The quantitative estimate of drug-likeness (QED) is 0.683. The van der Waals surface area contributed by atoms with Crippen molar-refractivity contribution >= 4 is 16.9 Å². The first-order valence-electron chi connectivity index (χ1n) is 9.96. The third-order valence-corrected chi connectivity index (χ3v) is 5.44. The summed E-state index contributed by atoms with van der Waals surface area (Å²) in [6, 6.07) is 7.95. The van der Waals surface area contributed by atoms with Gasteiger partial charge in [0, 0.05) is 57.9 Å². The number of methoxy groups -OCH3 is 1. The topological polar surface area (TPSA) is 76.0 Å². The highest BCUT2D eigenvalue weighted by Gasteiger charge is 2.27. The molecule has 1 atom stereocenters. The fourth-order valence-corrected chi connectivity index (χ4v) is 3.98. The second kappa shape index (κ2) is 8.56. The van der Waals surface area contributed by atoms with Crippen LogP contribution in [0, 0.1) is 0 Å². The number of carbonyl (C=O) groups excluding carboxylic acids is 1. The molecule has 1 aromatic carbocycles. The van der Waals surface area contributed by atoms with Crippen molar-refractivity contribution in [3.8, 4) is 0 Å². The molecule has 0 unspecified atom stereocenters. The Labute approximate surface area is 164 Å². The number of fused-ring (bicyclic) bond motifs is 1. The Morgan fingerprint density at radius 2 is 2.25 bits per heavy atom. The Balaban J connectivity index is 1.36. The minimum atomic E-state index is 0.195. The number of nitrogens with one attached hydrogen (secondary N) is 1. The minimum absolute atomic E-state index is 0.195. The summed E-state index contributed by atoms with van der Waals surface area (Å²) in [5, 5.41) is 0. The number of likely N-dealkylation sites (tertiary alicyclic amines) is 1. The van der Waals surface area contributed by atoms with E-state index in [1.54, 1.807) is 7.11 Å². The monoisotopic (exact) mass is 381 g/mol. The van der Waals surface area contributed by atoms with Gasteiger partial charge in [0.1, 0.15) is 11.6 Å². The summed E-state index contributed by atoms with van der Waals surface area (Å²) in [5.41, 5.74) is 1.97. The van der Waals surface area contributed by atoms with Gasteiger partial charge < -0.3 is 19.2 Å². The molecule has 1 aliphatic heterocycles. The van der Waals surface area contributed by atoms with E-state index in [1.165, 1.54) is 0 Å². The van der Waals surface area contributed by atoms with E-state index in [9.17, 15) is 4.79 Å². The molecule has 3 heterocycles. The number of para-hydroxylation sites is 2. The second-order valence-electron chi connectivity index (χ2n) is 7.35. The lowest BCUT2D eigenvalue weighted by Crippen LogP contribution is -2.40. The standard InChI is InChI=1S/C21H27N5O2/c1-28-14-13-25-12-10-22-21(25)16-5-4-11-26(15-16)20(27)9-8-19-23-17-6-2-3-7-18(17)24-19/h2-3,6-7,10,12,16H,4-5,8-9,11,13-15H2,1H3,(H,23,24)/t16-/m0/s1. The summed E-state index contributed by atoms with van der Waals surface area (Å²) in [5.74, 6) is 2.42. The number of hydrogen-bond acceptors (Lipinski definition) is 4. The highest BCUT2D eigenvalue weighted by Crippen LogP contribution is 2.26. The van der Waals surface area contributed by atoms with Crippen LogP contribution in [0.25, 0.3) is 11.0 Å². The van der Waals surface area contributed by atoms with Gasteiger partial charge in [-0.25, -0.2) is 9.97 Å². The molecule has 1 aliphatic rings. The Kier molecular flexibility index (Phi) is 5.71. The summed E-state index contributed by atoms with van der Waals surface area (Å²) in [6.07, 6.45) is 7.03. The van der Waals surface area contributed by atoms with Gasteiger partial charge in [-0.3, -0.25) is 4.79 Å². The van der Waals surface area contributed by atoms with Crippen LogP contribution in [-0.4, -0.2) is 57.1 Å². The van der Waals surface area contributed by atoms with Gasteiger partial charge >= 0.3 is 0 Å². The molecular formula is C21H27N5O2. The first-order valence-corrected chi connectivity index (χ1v) is 9.96. The molecule has 0 bridgehead atoms. The molecule has 1 fully saturated rings. The smallest absolute Gasteiger partial charge is 0.223 e. The fraction of sp³-hybridized carbons (Fsp3) is 0.476. The fourth-order valence-electron chi connectivity index (χ4n) is 3.98. The maximum absolute atomic E-state index is 12.8. The van der Waals surface area contributed by atoms with Gasteiger partial charge in [0.05, 0.1) is 17.6 Å². The molecule has 0 radical (unpaired) electrons. The Bertz CT molecular complexity index is 899. The van der Waals surface area contributed by atoms with E-state index < -0.39 is 0 Å². The highest BCUT2D eigenvalue weighted by molar-refractivity contribution is 5.77. The van der Waals surface area contributed by atoms with Crippen LogP contribution in [0.5, 0.6) is 0 Å². The van der Waals surface area contributed by atoms with Crippen molar-refractivity contribution in [2.75, 3.05) is 26.8 Å². The second-order valence-corrected chi connectivity index (χ2v) is 7.35. The molecule has 7 nitrogen and oxygen atoms in total. The average Bonchev–Trinajstić information content (AvgIpc) is 3.37. The molecule has 0 saturated carbocycles. The Morgan fingerprint density at radius 1 is 1.36 bits per heavy atom. The van der Waals surface area contributed by atoms with Crippen molar-refractivity contribution in [3.63, 3.8) is 0 Å². The number of imidazole rings is 2. The molecule has 1 N–H and O–H groups in total. The number of piperidine rings is 1. The zero-order chi connectivity index (χ0) is 19.3. The van der Waals surface area contributed by atoms with Gasteiger partial charge in [-0.05, 0) is 25.0 Å². The summed E-state index contributed by atoms with van der Waals surface area (Å²) < 4.78 is 7.34. The zero-order valence-corrected chi connectivity index (χ0v) is 16.3. The SMILES string of the molecule is COCCn1ccnc1[C@H]1CCCN(C(=O)CCc2nc3ccccc3[nH]2)C1. The maximum atomic E-state index is 12.8. The average molecular weight is 381 g/mol. The van der Waals surface area contributed by atoms with Gasteiger partial charge in [-0.1, -0.05) is 12.1 Å². The van der Waals surface area contributed by atoms with Crippen molar-refractivity contribution in [1.29, 1.82) is 0 Å². The number of ether oxygens (including phenoxy) is 1. The van der Waals surface area contributed by atoms with Gasteiger partial charge in [0.25, 0.3) is 0 Å². The predicted molar refractivity (Wildman–Crippen MR) is 107 cm³/mol. The molecule has 28 heavy (non-hydrogen) atoms.